The van der Waals surface area contributed by atoms with Crippen LogP contribution in [0.25, 0.3) is 15.9 Å². The van der Waals surface area contributed by atoms with Gasteiger partial charge in [0, 0.05) is 21.5 Å². The van der Waals surface area contributed by atoms with Crippen molar-refractivity contribution in [3.8, 4) is 22.9 Å². The Labute approximate surface area is 237 Å². The standard InChI is InChI=1S/C27H25ClN4O5S2/c1-35-19-12-21(37-3)20(36-2)11-15(19)13-29-31-23(33)14-38-27-30-25-24(18-5-4-6-22(18)39-25)26(34)32(27)17-9-7-16(28)8-10-17/h7-13H,4-6,14H2,1-3H3,(H,31,33). The number of thioether (sulfide) groups is 1. The molecule has 1 amide bonds. The quantitative estimate of drug-likeness (QED) is 0.130. The number of aryl methyl sites for hydroxylation is 2. The average Bonchev–Trinajstić information content (AvgIpc) is 3.53. The Morgan fingerprint density at radius 3 is 2.56 bits per heavy atom. The summed E-state index contributed by atoms with van der Waals surface area (Å²) >= 11 is 8.81. The number of thiophene rings is 1. The lowest BCUT2D eigenvalue weighted by Crippen LogP contribution is -2.24. The van der Waals surface area contributed by atoms with E-state index in [9.17, 15) is 9.59 Å². The molecule has 0 saturated carbocycles. The zero-order valence-electron chi connectivity index (χ0n) is 21.4. The Bertz CT molecular complexity index is 1630. The van der Waals surface area contributed by atoms with Crippen molar-refractivity contribution in [2.75, 3.05) is 27.1 Å². The molecular formula is C27H25ClN4O5S2. The smallest absolute Gasteiger partial charge is 0.267 e. The summed E-state index contributed by atoms with van der Waals surface area (Å²) in [4.78, 5) is 33.1. The molecule has 0 saturated heterocycles. The van der Waals surface area contributed by atoms with E-state index in [-0.39, 0.29) is 17.2 Å². The number of halogens is 1. The summed E-state index contributed by atoms with van der Waals surface area (Å²) in [6.07, 6.45) is 4.35. The Balaban J connectivity index is 1.38. The summed E-state index contributed by atoms with van der Waals surface area (Å²) < 4.78 is 17.6. The highest BCUT2D eigenvalue weighted by molar-refractivity contribution is 7.99. The fraction of sp³-hybridized carbons (Fsp3) is 0.259. The molecule has 0 atom stereocenters. The highest BCUT2D eigenvalue weighted by Crippen LogP contribution is 2.36. The van der Waals surface area contributed by atoms with Gasteiger partial charge in [-0.05, 0) is 55.2 Å². The Kier molecular flexibility index (Phi) is 8.10. The summed E-state index contributed by atoms with van der Waals surface area (Å²) in [5.41, 5.74) is 4.72. The number of nitrogens with zero attached hydrogens (tertiary/aromatic N) is 3. The van der Waals surface area contributed by atoms with Crippen LogP contribution >= 0.6 is 34.7 Å². The van der Waals surface area contributed by atoms with Gasteiger partial charge in [-0.1, -0.05) is 23.4 Å². The normalized spacial score (nSPS) is 12.6. The molecule has 5 rings (SSSR count). The summed E-state index contributed by atoms with van der Waals surface area (Å²) in [6, 6.07) is 10.4. The molecule has 9 nitrogen and oxygen atoms in total. The lowest BCUT2D eigenvalue weighted by atomic mass is 10.2. The number of amides is 1. The van der Waals surface area contributed by atoms with Gasteiger partial charge >= 0.3 is 0 Å². The first-order valence-corrected chi connectivity index (χ1v) is 14.2. The largest absolute Gasteiger partial charge is 0.496 e. The van der Waals surface area contributed by atoms with E-state index in [1.807, 2.05) is 0 Å². The maximum Gasteiger partial charge on any atom is 0.267 e. The molecule has 0 bridgehead atoms. The summed E-state index contributed by atoms with van der Waals surface area (Å²) in [5.74, 6) is 1.16. The van der Waals surface area contributed by atoms with Crippen LogP contribution in [0.5, 0.6) is 17.2 Å². The third kappa shape index (κ3) is 5.47. The highest BCUT2D eigenvalue weighted by atomic mass is 35.5. The lowest BCUT2D eigenvalue weighted by Gasteiger charge is -2.12. The van der Waals surface area contributed by atoms with Gasteiger partial charge in [0.15, 0.2) is 16.7 Å². The molecular weight excluding hydrogens is 560 g/mol. The van der Waals surface area contributed by atoms with Crippen LogP contribution in [0.15, 0.2) is 51.5 Å². The van der Waals surface area contributed by atoms with Gasteiger partial charge in [-0.25, -0.2) is 10.4 Å². The zero-order valence-corrected chi connectivity index (χ0v) is 23.8. The summed E-state index contributed by atoms with van der Waals surface area (Å²) in [6.45, 7) is 0. The van der Waals surface area contributed by atoms with Gasteiger partial charge in [0.25, 0.3) is 11.5 Å². The van der Waals surface area contributed by atoms with E-state index >= 15 is 0 Å². The van der Waals surface area contributed by atoms with Crippen molar-refractivity contribution in [1.82, 2.24) is 15.0 Å². The second-order valence-electron chi connectivity index (χ2n) is 8.58. The zero-order chi connectivity index (χ0) is 27.5. The Morgan fingerprint density at radius 1 is 1.13 bits per heavy atom. The number of fused-ring (bicyclic) bond motifs is 3. The van der Waals surface area contributed by atoms with Gasteiger partial charge in [-0.2, -0.15) is 5.10 Å². The average molecular weight is 585 g/mol. The first kappa shape index (κ1) is 27.0. The van der Waals surface area contributed by atoms with E-state index in [0.717, 1.165) is 24.8 Å². The Hall–Kier alpha value is -3.54. The molecule has 1 aliphatic carbocycles. The number of ether oxygens (including phenoxy) is 3. The van der Waals surface area contributed by atoms with Crippen LogP contribution in [-0.2, 0) is 17.6 Å². The topological polar surface area (TPSA) is 104 Å². The molecule has 0 spiro atoms. The summed E-state index contributed by atoms with van der Waals surface area (Å²) in [7, 11) is 4.59. The van der Waals surface area contributed by atoms with Gasteiger partial charge in [0.2, 0.25) is 0 Å². The molecule has 0 unspecified atom stereocenters. The molecule has 2 aromatic carbocycles. The van der Waals surface area contributed by atoms with E-state index in [4.69, 9.17) is 30.8 Å². The van der Waals surface area contributed by atoms with Crippen LogP contribution in [0.2, 0.25) is 5.02 Å². The Morgan fingerprint density at radius 2 is 1.85 bits per heavy atom. The van der Waals surface area contributed by atoms with Gasteiger partial charge in [-0.3, -0.25) is 14.2 Å². The molecule has 2 aromatic heterocycles. The van der Waals surface area contributed by atoms with Crippen molar-refractivity contribution >= 4 is 57.0 Å². The van der Waals surface area contributed by atoms with Gasteiger partial charge in [0.05, 0.1) is 44.4 Å². The third-order valence-electron chi connectivity index (χ3n) is 6.25. The predicted octanol–water partition coefficient (Wildman–Crippen LogP) is 4.86. The van der Waals surface area contributed by atoms with E-state index in [1.54, 1.807) is 52.3 Å². The number of methoxy groups -OCH3 is 3. The van der Waals surface area contributed by atoms with Crippen LogP contribution < -0.4 is 25.2 Å². The molecule has 2 heterocycles. The number of carbonyl (C=O) groups excluding carboxylic acids is 1. The van der Waals surface area contributed by atoms with Gasteiger partial charge in [-0.15, -0.1) is 11.3 Å². The monoisotopic (exact) mass is 584 g/mol. The maximum absolute atomic E-state index is 13.7. The molecule has 202 valence electrons. The van der Waals surface area contributed by atoms with Gasteiger partial charge in [0.1, 0.15) is 10.6 Å². The molecule has 39 heavy (non-hydrogen) atoms. The SMILES string of the molecule is COc1cc(OC)c(OC)cc1C=NNC(=O)CSc1nc2sc3c(c2c(=O)n1-c1ccc(Cl)cc1)CCC3. The molecule has 1 aliphatic rings. The third-order valence-corrected chi connectivity index (χ3v) is 8.63. The fourth-order valence-electron chi connectivity index (χ4n) is 4.43. The number of hydrazone groups is 1. The number of nitrogens with one attached hydrogen (secondary N) is 1. The van der Waals surface area contributed by atoms with Crippen molar-refractivity contribution in [1.29, 1.82) is 0 Å². The molecule has 4 aromatic rings. The van der Waals surface area contributed by atoms with Crippen molar-refractivity contribution in [3.05, 3.63) is 67.8 Å². The fourth-order valence-corrected chi connectivity index (χ4v) is 6.66. The first-order valence-electron chi connectivity index (χ1n) is 12.0. The number of hydrogen-bond donors (Lipinski definition) is 1. The van der Waals surface area contributed by atoms with Crippen molar-refractivity contribution in [3.63, 3.8) is 0 Å². The van der Waals surface area contributed by atoms with Crippen LogP contribution in [0, 0.1) is 0 Å². The number of aromatic nitrogens is 2. The molecule has 12 heteroatoms. The van der Waals surface area contributed by atoms with E-state index in [0.29, 0.717) is 48.9 Å². The second-order valence-corrected chi connectivity index (χ2v) is 11.0. The van der Waals surface area contributed by atoms with Crippen LogP contribution in [0.1, 0.15) is 22.4 Å². The first-order chi connectivity index (χ1) is 18.9. The maximum atomic E-state index is 13.7. The van der Waals surface area contributed by atoms with Crippen molar-refractivity contribution in [2.45, 2.75) is 24.4 Å². The molecule has 0 fully saturated rings. The van der Waals surface area contributed by atoms with E-state index < -0.39 is 0 Å². The van der Waals surface area contributed by atoms with Crippen molar-refractivity contribution < 1.29 is 19.0 Å². The number of hydrogen-bond acceptors (Lipinski definition) is 9. The number of rotatable bonds is 9. The lowest BCUT2D eigenvalue weighted by molar-refractivity contribution is -0.118. The van der Waals surface area contributed by atoms with Crippen LogP contribution in [-0.4, -0.2) is 48.8 Å². The van der Waals surface area contributed by atoms with E-state index in [1.165, 1.54) is 44.2 Å². The minimum Gasteiger partial charge on any atom is -0.496 e. The number of benzene rings is 2. The molecule has 0 radical (unpaired) electrons. The van der Waals surface area contributed by atoms with Crippen LogP contribution in [0.3, 0.4) is 0 Å². The van der Waals surface area contributed by atoms with Gasteiger partial charge < -0.3 is 14.2 Å². The molecule has 0 aliphatic heterocycles. The summed E-state index contributed by atoms with van der Waals surface area (Å²) in [5, 5.41) is 5.73. The second kappa shape index (κ2) is 11.7. The predicted molar refractivity (Wildman–Crippen MR) is 155 cm³/mol. The van der Waals surface area contributed by atoms with Crippen molar-refractivity contribution in [2.24, 2.45) is 5.10 Å². The number of carbonyl (C=O) groups is 1. The van der Waals surface area contributed by atoms with E-state index in [2.05, 4.69) is 10.5 Å². The minimum absolute atomic E-state index is 0.00294. The highest BCUT2D eigenvalue weighted by Gasteiger charge is 2.24. The minimum atomic E-state index is -0.360. The molecule has 1 N–H and O–H groups in total. The van der Waals surface area contributed by atoms with Crippen LogP contribution in [0.4, 0.5) is 0 Å².